The number of carbonyl (C=O) groups excluding carboxylic acids is 1. The molecule has 0 aromatic carbocycles. The molecule has 0 aliphatic heterocycles. The zero-order valence-corrected chi connectivity index (χ0v) is 13.3. The van der Waals surface area contributed by atoms with Crippen LogP contribution in [-0.2, 0) is 0 Å². The second kappa shape index (κ2) is 6.53. The van der Waals surface area contributed by atoms with Gasteiger partial charge in [-0.3, -0.25) is 4.79 Å². The third-order valence-electron chi connectivity index (χ3n) is 4.21. The van der Waals surface area contributed by atoms with Crippen molar-refractivity contribution >= 4 is 11.7 Å². The number of terminal acetylenes is 1. The molecule has 2 atom stereocenters. The Morgan fingerprint density at radius 3 is 2.91 bits per heavy atom. The summed E-state index contributed by atoms with van der Waals surface area (Å²) in [6, 6.07) is 2.84. The maximum Gasteiger partial charge on any atom is 0.256 e. The number of rotatable bonds is 5. The highest BCUT2D eigenvalue weighted by molar-refractivity contribution is 5.99. The Kier molecular flexibility index (Phi) is 4.88. The summed E-state index contributed by atoms with van der Waals surface area (Å²) in [5.74, 6) is -0.153. The van der Waals surface area contributed by atoms with Crippen molar-refractivity contribution in [3.05, 3.63) is 23.9 Å². The van der Waals surface area contributed by atoms with Gasteiger partial charge in [0.05, 0.1) is 11.1 Å². The molecule has 1 aliphatic rings. The van der Waals surface area contributed by atoms with Crippen LogP contribution in [-0.4, -0.2) is 28.4 Å². The summed E-state index contributed by atoms with van der Waals surface area (Å²) >= 11 is 0. The number of amides is 1. The molecular formula is C17H21F2N3O. The number of aromatic nitrogens is 1. The van der Waals surface area contributed by atoms with Gasteiger partial charge in [-0.1, -0.05) is 12.8 Å². The Morgan fingerprint density at radius 2 is 2.35 bits per heavy atom. The number of anilines is 1. The summed E-state index contributed by atoms with van der Waals surface area (Å²) in [6.45, 7) is 3.63. The molecule has 0 bridgehead atoms. The van der Waals surface area contributed by atoms with Crippen LogP contribution in [0.4, 0.5) is 14.6 Å². The van der Waals surface area contributed by atoms with Crippen molar-refractivity contribution in [1.82, 2.24) is 10.3 Å². The van der Waals surface area contributed by atoms with E-state index >= 15 is 0 Å². The van der Waals surface area contributed by atoms with Gasteiger partial charge in [0.15, 0.2) is 0 Å². The lowest BCUT2D eigenvalue weighted by molar-refractivity contribution is 0.00851. The van der Waals surface area contributed by atoms with Gasteiger partial charge in [-0.15, -0.1) is 6.42 Å². The fourth-order valence-corrected chi connectivity index (χ4v) is 2.51. The maximum atomic E-state index is 13.3. The fraction of sp³-hybridized carbons (Fsp3) is 0.529. The van der Waals surface area contributed by atoms with E-state index in [1.165, 1.54) is 6.20 Å². The van der Waals surface area contributed by atoms with Crippen molar-refractivity contribution < 1.29 is 13.6 Å². The van der Waals surface area contributed by atoms with Gasteiger partial charge in [-0.25, -0.2) is 13.8 Å². The van der Waals surface area contributed by atoms with E-state index in [1.54, 1.807) is 19.1 Å². The molecule has 0 saturated heterocycles. The average molecular weight is 321 g/mol. The largest absolute Gasteiger partial charge is 0.366 e. The number of halogens is 2. The van der Waals surface area contributed by atoms with E-state index in [4.69, 9.17) is 6.42 Å². The van der Waals surface area contributed by atoms with E-state index in [0.29, 0.717) is 24.2 Å². The Balaban J connectivity index is 2.15. The molecule has 124 valence electrons. The molecule has 6 heteroatoms. The molecule has 1 amide bonds. The first kappa shape index (κ1) is 17.2. The summed E-state index contributed by atoms with van der Waals surface area (Å²) < 4.78 is 26.6. The lowest BCUT2D eigenvalue weighted by Crippen LogP contribution is -2.44. The number of carbonyl (C=O) groups is 1. The van der Waals surface area contributed by atoms with E-state index in [-0.39, 0.29) is 18.7 Å². The van der Waals surface area contributed by atoms with Crippen molar-refractivity contribution in [2.45, 2.75) is 57.0 Å². The van der Waals surface area contributed by atoms with Crippen molar-refractivity contribution in [3.8, 4) is 12.3 Å². The average Bonchev–Trinajstić information content (AvgIpc) is 2.86. The van der Waals surface area contributed by atoms with Crippen molar-refractivity contribution in [1.29, 1.82) is 0 Å². The first-order chi connectivity index (χ1) is 10.8. The van der Waals surface area contributed by atoms with E-state index in [9.17, 15) is 13.6 Å². The molecule has 0 spiro atoms. The highest BCUT2D eigenvalue weighted by Gasteiger charge is 2.39. The summed E-state index contributed by atoms with van der Waals surface area (Å²) in [6.07, 6.45) is 7.51. The molecule has 1 aromatic heterocycles. The number of alkyl halides is 2. The Morgan fingerprint density at radius 1 is 1.61 bits per heavy atom. The molecule has 23 heavy (non-hydrogen) atoms. The van der Waals surface area contributed by atoms with Gasteiger partial charge in [0.2, 0.25) is 5.92 Å². The number of nitrogens with zero attached hydrogens (tertiary/aromatic N) is 1. The van der Waals surface area contributed by atoms with E-state index in [2.05, 4.69) is 21.5 Å². The first-order valence-electron chi connectivity index (χ1n) is 7.68. The van der Waals surface area contributed by atoms with Gasteiger partial charge in [0.25, 0.3) is 5.91 Å². The predicted octanol–water partition coefficient (Wildman–Crippen LogP) is 3.21. The number of hydrogen-bond acceptors (Lipinski definition) is 3. The normalized spacial score (nSPS) is 22.0. The smallest absolute Gasteiger partial charge is 0.256 e. The van der Waals surface area contributed by atoms with Gasteiger partial charge >= 0.3 is 0 Å². The van der Waals surface area contributed by atoms with Crippen LogP contribution < -0.4 is 10.6 Å². The number of nitrogens with one attached hydrogen (secondary N) is 2. The zero-order chi connectivity index (χ0) is 17.1. The monoisotopic (exact) mass is 321 g/mol. The third kappa shape index (κ3) is 4.19. The summed E-state index contributed by atoms with van der Waals surface area (Å²) in [7, 11) is 0. The SMILES string of the molecule is C#C[C@](C)(CC)NC(=O)c1cccnc1NC1CCC(F)(F)C1. The number of hydrogen-bond donors (Lipinski definition) is 2. The van der Waals surface area contributed by atoms with Crippen LogP contribution in [0.25, 0.3) is 0 Å². The molecule has 1 heterocycles. The molecule has 1 aromatic rings. The molecule has 1 aliphatic carbocycles. The Labute approximate surface area is 135 Å². The van der Waals surface area contributed by atoms with Crippen LogP contribution in [0.3, 0.4) is 0 Å². The minimum absolute atomic E-state index is 0.149. The third-order valence-corrected chi connectivity index (χ3v) is 4.21. The van der Waals surface area contributed by atoms with Gasteiger partial charge in [0, 0.05) is 25.1 Å². The molecule has 2 rings (SSSR count). The highest BCUT2D eigenvalue weighted by atomic mass is 19.3. The number of pyridine rings is 1. The second-order valence-corrected chi connectivity index (χ2v) is 6.12. The molecule has 1 unspecified atom stereocenters. The van der Waals surface area contributed by atoms with E-state index < -0.39 is 17.5 Å². The van der Waals surface area contributed by atoms with Gasteiger partial charge in [0.1, 0.15) is 5.82 Å². The quantitative estimate of drug-likeness (QED) is 0.819. The minimum Gasteiger partial charge on any atom is -0.366 e. The van der Waals surface area contributed by atoms with Crippen LogP contribution in [0.5, 0.6) is 0 Å². The van der Waals surface area contributed by atoms with E-state index in [1.807, 2.05) is 6.92 Å². The zero-order valence-electron chi connectivity index (χ0n) is 13.3. The van der Waals surface area contributed by atoms with Crippen molar-refractivity contribution in [3.63, 3.8) is 0 Å². The van der Waals surface area contributed by atoms with Crippen LogP contribution in [0.2, 0.25) is 0 Å². The lowest BCUT2D eigenvalue weighted by Gasteiger charge is -2.24. The summed E-state index contributed by atoms with van der Waals surface area (Å²) in [5.41, 5.74) is -0.456. The Hall–Kier alpha value is -2.16. The van der Waals surface area contributed by atoms with Gasteiger partial charge < -0.3 is 10.6 Å². The predicted molar refractivity (Wildman–Crippen MR) is 85.4 cm³/mol. The van der Waals surface area contributed by atoms with Crippen molar-refractivity contribution in [2.24, 2.45) is 0 Å². The van der Waals surface area contributed by atoms with Crippen LogP contribution in [0.15, 0.2) is 18.3 Å². The molecule has 4 nitrogen and oxygen atoms in total. The van der Waals surface area contributed by atoms with Crippen LogP contribution in [0, 0.1) is 12.3 Å². The van der Waals surface area contributed by atoms with Crippen molar-refractivity contribution in [2.75, 3.05) is 5.32 Å². The summed E-state index contributed by atoms with van der Waals surface area (Å²) in [5, 5.41) is 5.75. The summed E-state index contributed by atoms with van der Waals surface area (Å²) in [4.78, 5) is 16.6. The Bertz CT molecular complexity index is 627. The van der Waals surface area contributed by atoms with Gasteiger partial charge in [-0.2, -0.15) is 0 Å². The molecule has 1 saturated carbocycles. The fourth-order valence-electron chi connectivity index (χ4n) is 2.51. The first-order valence-corrected chi connectivity index (χ1v) is 7.68. The molecule has 0 radical (unpaired) electrons. The van der Waals surface area contributed by atoms with Crippen LogP contribution >= 0.6 is 0 Å². The standard InChI is InChI=1S/C17H21F2N3O/c1-4-16(3,5-2)22-15(23)13-7-6-10-20-14(13)21-12-8-9-17(18,19)11-12/h1,6-7,10,12H,5,8-9,11H2,2-3H3,(H,20,21)(H,22,23)/t12?,16-/m1/s1. The maximum absolute atomic E-state index is 13.3. The lowest BCUT2D eigenvalue weighted by atomic mass is 9.99. The van der Waals surface area contributed by atoms with Gasteiger partial charge in [-0.05, 0) is 31.9 Å². The topological polar surface area (TPSA) is 54.0 Å². The molecule has 1 fully saturated rings. The molecular weight excluding hydrogens is 300 g/mol. The molecule has 2 N–H and O–H groups in total. The highest BCUT2D eigenvalue weighted by Crippen LogP contribution is 2.36. The minimum atomic E-state index is -2.65. The van der Waals surface area contributed by atoms with E-state index in [0.717, 1.165) is 0 Å². The second-order valence-electron chi connectivity index (χ2n) is 6.12. The van der Waals surface area contributed by atoms with Crippen LogP contribution in [0.1, 0.15) is 49.9 Å².